The SMILES string of the molecule is O=C1CCCC1S(=O)(=O)c1ccc(Br)cc1. The normalized spacial score (nSPS) is 21.3. The molecule has 1 aliphatic rings. The van der Waals surface area contributed by atoms with Crippen molar-refractivity contribution in [2.45, 2.75) is 29.4 Å². The highest BCUT2D eigenvalue weighted by Crippen LogP contribution is 2.27. The summed E-state index contributed by atoms with van der Waals surface area (Å²) in [4.78, 5) is 11.7. The second-order valence-electron chi connectivity index (χ2n) is 3.85. The molecule has 1 aromatic carbocycles. The summed E-state index contributed by atoms with van der Waals surface area (Å²) in [6.07, 6.45) is 1.52. The van der Waals surface area contributed by atoms with Gasteiger partial charge in [-0.05, 0) is 37.1 Å². The van der Waals surface area contributed by atoms with E-state index in [0.29, 0.717) is 19.3 Å². The number of carbonyl (C=O) groups is 1. The fourth-order valence-electron chi connectivity index (χ4n) is 1.90. The summed E-state index contributed by atoms with van der Waals surface area (Å²) < 4.78 is 25.1. The highest BCUT2D eigenvalue weighted by molar-refractivity contribution is 9.10. The van der Waals surface area contributed by atoms with Gasteiger partial charge in [-0.3, -0.25) is 4.79 Å². The highest BCUT2D eigenvalue weighted by Gasteiger charge is 2.36. The van der Waals surface area contributed by atoms with Gasteiger partial charge in [-0.25, -0.2) is 8.42 Å². The molecule has 2 rings (SSSR count). The number of carbonyl (C=O) groups excluding carboxylic acids is 1. The third kappa shape index (κ3) is 2.06. The van der Waals surface area contributed by atoms with Gasteiger partial charge in [0.25, 0.3) is 0 Å². The number of hydrogen-bond acceptors (Lipinski definition) is 3. The first-order valence-corrected chi connectivity index (χ1v) is 7.38. The predicted octanol–water partition coefficient (Wildman–Crippen LogP) is 2.34. The van der Waals surface area contributed by atoms with Crippen molar-refractivity contribution in [1.82, 2.24) is 0 Å². The number of hydrogen-bond donors (Lipinski definition) is 0. The maximum absolute atomic E-state index is 12.1. The molecule has 0 aromatic heterocycles. The molecule has 16 heavy (non-hydrogen) atoms. The van der Waals surface area contributed by atoms with Crippen molar-refractivity contribution in [3.63, 3.8) is 0 Å². The minimum Gasteiger partial charge on any atom is -0.298 e. The van der Waals surface area contributed by atoms with E-state index in [-0.39, 0.29) is 10.7 Å². The molecule has 0 bridgehead atoms. The van der Waals surface area contributed by atoms with Crippen LogP contribution >= 0.6 is 15.9 Å². The minimum absolute atomic E-state index is 0.150. The van der Waals surface area contributed by atoms with E-state index >= 15 is 0 Å². The Balaban J connectivity index is 2.39. The summed E-state index contributed by atoms with van der Waals surface area (Å²) in [5, 5.41) is -0.825. The fourth-order valence-corrected chi connectivity index (χ4v) is 3.95. The maximum atomic E-state index is 12.1. The number of halogens is 1. The predicted molar refractivity (Wildman–Crippen MR) is 64.0 cm³/mol. The van der Waals surface area contributed by atoms with Gasteiger partial charge in [0.05, 0.1) is 4.90 Å². The lowest BCUT2D eigenvalue weighted by Gasteiger charge is -2.09. The van der Waals surface area contributed by atoms with Crippen LogP contribution < -0.4 is 0 Å². The van der Waals surface area contributed by atoms with Crippen molar-refractivity contribution in [3.05, 3.63) is 28.7 Å². The topological polar surface area (TPSA) is 51.2 Å². The number of Topliss-reactive ketones (excluding diaryl/α,β-unsaturated/α-hetero) is 1. The van der Waals surface area contributed by atoms with Gasteiger partial charge >= 0.3 is 0 Å². The van der Waals surface area contributed by atoms with Gasteiger partial charge in [-0.2, -0.15) is 0 Å². The van der Waals surface area contributed by atoms with Crippen LogP contribution in [-0.2, 0) is 14.6 Å². The zero-order valence-corrected chi connectivity index (χ0v) is 10.9. The van der Waals surface area contributed by atoms with Crippen LogP contribution in [0.3, 0.4) is 0 Å². The van der Waals surface area contributed by atoms with Crippen molar-refractivity contribution in [2.75, 3.05) is 0 Å². The van der Waals surface area contributed by atoms with Gasteiger partial charge in [-0.1, -0.05) is 15.9 Å². The smallest absolute Gasteiger partial charge is 0.188 e. The zero-order chi connectivity index (χ0) is 11.8. The molecule has 1 aromatic rings. The third-order valence-corrected chi connectivity index (χ3v) is 5.47. The van der Waals surface area contributed by atoms with Crippen LogP contribution in [0.25, 0.3) is 0 Å². The van der Waals surface area contributed by atoms with Gasteiger partial charge in [-0.15, -0.1) is 0 Å². The molecular weight excluding hydrogens is 292 g/mol. The lowest BCUT2D eigenvalue weighted by atomic mass is 10.3. The molecule has 0 aliphatic heterocycles. The van der Waals surface area contributed by atoms with E-state index in [2.05, 4.69) is 15.9 Å². The summed E-state index contributed by atoms with van der Waals surface area (Å²) in [6.45, 7) is 0. The Morgan fingerprint density at radius 2 is 1.81 bits per heavy atom. The number of ketones is 1. The molecule has 5 heteroatoms. The first kappa shape index (κ1) is 11.8. The Labute approximate surface area is 103 Å². The van der Waals surface area contributed by atoms with Crippen molar-refractivity contribution < 1.29 is 13.2 Å². The highest BCUT2D eigenvalue weighted by atomic mass is 79.9. The molecule has 1 atom stereocenters. The Bertz CT molecular complexity index is 505. The van der Waals surface area contributed by atoms with E-state index < -0.39 is 15.1 Å². The van der Waals surface area contributed by atoms with E-state index in [1.165, 1.54) is 12.1 Å². The van der Waals surface area contributed by atoms with E-state index in [1.54, 1.807) is 12.1 Å². The van der Waals surface area contributed by atoms with Gasteiger partial charge in [0.1, 0.15) is 5.25 Å². The molecule has 0 spiro atoms. The molecule has 1 aliphatic carbocycles. The molecular formula is C11H11BrO3S. The monoisotopic (exact) mass is 302 g/mol. The summed E-state index contributed by atoms with van der Waals surface area (Å²) in [6, 6.07) is 6.41. The molecule has 1 fully saturated rings. The lowest BCUT2D eigenvalue weighted by Crippen LogP contribution is -2.25. The Morgan fingerprint density at radius 1 is 1.19 bits per heavy atom. The van der Waals surface area contributed by atoms with Crippen LogP contribution in [-0.4, -0.2) is 19.5 Å². The second-order valence-corrected chi connectivity index (χ2v) is 6.89. The second kappa shape index (κ2) is 4.30. The van der Waals surface area contributed by atoms with Gasteiger partial charge in [0.15, 0.2) is 15.6 Å². The van der Waals surface area contributed by atoms with Crippen molar-refractivity contribution in [3.8, 4) is 0 Å². The molecule has 86 valence electrons. The standard InChI is InChI=1S/C11H11BrO3S/c12-8-4-6-9(7-5-8)16(14,15)11-3-1-2-10(11)13/h4-7,11H,1-3H2. The molecule has 0 heterocycles. The van der Waals surface area contributed by atoms with Crippen molar-refractivity contribution in [2.24, 2.45) is 0 Å². The molecule has 1 saturated carbocycles. The van der Waals surface area contributed by atoms with Gasteiger partial charge < -0.3 is 0 Å². The molecule has 0 radical (unpaired) electrons. The summed E-state index contributed by atoms with van der Waals surface area (Å²) >= 11 is 3.25. The van der Waals surface area contributed by atoms with Crippen molar-refractivity contribution >= 4 is 31.6 Å². The van der Waals surface area contributed by atoms with Gasteiger partial charge in [0, 0.05) is 10.9 Å². The van der Waals surface area contributed by atoms with Crippen LogP contribution in [0.5, 0.6) is 0 Å². The van der Waals surface area contributed by atoms with Crippen LogP contribution in [0.2, 0.25) is 0 Å². The first-order chi connectivity index (χ1) is 7.51. The Kier molecular flexibility index (Phi) is 3.17. The number of rotatable bonds is 2. The molecule has 0 saturated heterocycles. The average molecular weight is 303 g/mol. The van der Waals surface area contributed by atoms with Crippen LogP contribution in [0.1, 0.15) is 19.3 Å². The molecule has 1 unspecified atom stereocenters. The first-order valence-electron chi connectivity index (χ1n) is 5.04. The van der Waals surface area contributed by atoms with E-state index in [0.717, 1.165) is 4.47 Å². The zero-order valence-electron chi connectivity index (χ0n) is 8.52. The van der Waals surface area contributed by atoms with Crippen molar-refractivity contribution in [1.29, 1.82) is 0 Å². The Morgan fingerprint density at radius 3 is 2.31 bits per heavy atom. The summed E-state index contributed by atoms with van der Waals surface area (Å²) in [5.74, 6) is -0.150. The van der Waals surface area contributed by atoms with Crippen LogP contribution in [0.15, 0.2) is 33.6 Å². The van der Waals surface area contributed by atoms with Crippen LogP contribution in [0.4, 0.5) is 0 Å². The summed E-state index contributed by atoms with van der Waals surface area (Å²) in [5.41, 5.74) is 0. The number of sulfone groups is 1. The van der Waals surface area contributed by atoms with E-state index in [4.69, 9.17) is 0 Å². The number of benzene rings is 1. The fraction of sp³-hybridized carbons (Fsp3) is 0.364. The minimum atomic E-state index is -3.48. The maximum Gasteiger partial charge on any atom is 0.188 e. The lowest BCUT2D eigenvalue weighted by molar-refractivity contribution is -0.117. The largest absolute Gasteiger partial charge is 0.298 e. The quantitative estimate of drug-likeness (QED) is 0.842. The average Bonchev–Trinajstić information content (AvgIpc) is 2.66. The Hall–Kier alpha value is -0.680. The van der Waals surface area contributed by atoms with E-state index in [1.807, 2.05) is 0 Å². The molecule has 0 N–H and O–H groups in total. The van der Waals surface area contributed by atoms with Crippen LogP contribution in [0, 0.1) is 0 Å². The summed E-state index contributed by atoms with van der Waals surface area (Å²) in [7, 11) is -3.48. The van der Waals surface area contributed by atoms with Gasteiger partial charge in [0.2, 0.25) is 0 Å². The van der Waals surface area contributed by atoms with E-state index in [9.17, 15) is 13.2 Å². The molecule has 0 amide bonds. The third-order valence-electron chi connectivity index (χ3n) is 2.77. The molecule has 3 nitrogen and oxygen atoms in total.